The van der Waals surface area contributed by atoms with E-state index in [4.69, 9.17) is 58.0 Å². The largest absolute Gasteiger partial charge is 0.359 e. The lowest BCUT2D eigenvalue weighted by Gasteiger charge is -2.11. The number of nitrogens with one attached hydrogen (secondary N) is 3. The van der Waals surface area contributed by atoms with Gasteiger partial charge in [0.15, 0.2) is 0 Å². The maximum absolute atomic E-state index is 13.0. The molecule has 2 atom stereocenters. The maximum atomic E-state index is 13.0. The number of carbonyl (C=O) groups excluding carboxylic acids is 2. The molecule has 1 aliphatic rings. The highest BCUT2D eigenvalue weighted by Gasteiger charge is 2.67. The Morgan fingerprint density at radius 3 is 2.37 bits per heavy atom. The third kappa shape index (κ3) is 4.72. The lowest BCUT2D eigenvalue weighted by atomic mass is 10.1. The van der Waals surface area contributed by atoms with E-state index in [0.717, 1.165) is 10.9 Å². The van der Waals surface area contributed by atoms with Crippen molar-refractivity contribution in [2.75, 3.05) is 10.6 Å². The van der Waals surface area contributed by atoms with Crippen LogP contribution in [0.1, 0.15) is 21.8 Å². The molecule has 2 amide bonds. The average Bonchev–Trinajstić information content (AvgIpc) is 3.12. The van der Waals surface area contributed by atoms with E-state index >= 15 is 0 Å². The van der Waals surface area contributed by atoms with Crippen molar-refractivity contribution in [1.29, 1.82) is 0 Å². The Labute approximate surface area is 225 Å². The fourth-order valence-corrected chi connectivity index (χ4v) is 5.77. The number of hydrogen-bond acceptors (Lipinski definition) is 2. The number of aromatic amines is 1. The van der Waals surface area contributed by atoms with Crippen molar-refractivity contribution in [3.63, 3.8) is 0 Å². The van der Waals surface area contributed by atoms with E-state index in [-0.39, 0.29) is 10.6 Å². The molecule has 1 aliphatic carbocycles. The number of benzene rings is 3. The van der Waals surface area contributed by atoms with E-state index in [0.29, 0.717) is 27.0 Å². The standard InChI is InChI=1S/C25H16Cl5N3O2/c26-14-8-13(9-15(27)10-14)20-21(25(20,29)30)24(35)32-16-4-5-18(28)17(11-16)23(34)33-19-3-1-2-12-6-7-31-22(12)19/h1-11,20-21,31H,(H,32,35)(H,33,34). The molecule has 0 aliphatic heterocycles. The second-order valence-corrected chi connectivity index (χ2v) is 10.9. The zero-order valence-corrected chi connectivity index (χ0v) is 21.5. The highest BCUT2D eigenvalue weighted by molar-refractivity contribution is 6.53. The number of alkyl halides is 2. The van der Waals surface area contributed by atoms with Crippen LogP contribution >= 0.6 is 58.0 Å². The summed E-state index contributed by atoms with van der Waals surface area (Å²) in [4.78, 5) is 29.1. The third-order valence-electron chi connectivity index (χ3n) is 5.89. The first kappa shape index (κ1) is 24.3. The fourth-order valence-electron chi connectivity index (χ4n) is 4.20. The van der Waals surface area contributed by atoms with Crippen LogP contribution in [0, 0.1) is 5.92 Å². The fraction of sp³-hybridized carbons (Fsp3) is 0.120. The van der Waals surface area contributed by atoms with Gasteiger partial charge in [-0.05, 0) is 54.1 Å². The zero-order valence-electron chi connectivity index (χ0n) is 17.7. The first-order valence-corrected chi connectivity index (χ1v) is 12.4. The van der Waals surface area contributed by atoms with Crippen LogP contribution < -0.4 is 10.6 Å². The van der Waals surface area contributed by atoms with Gasteiger partial charge in [0.05, 0.1) is 27.7 Å². The van der Waals surface area contributed by atoms with E-state index in [1.165, 1.54) is 12.1 Å². The summed E-state index contributed by atoms with van der Waals surface area (Å²) >= 11 is 31.4. The molecule has 35 heavy (non-hydrogen) atoms. The van der Waals surface area contributed by atoms with E-state index in [2.05, 4.69) is 15.6 Å². The molecule has 1 fully saturated rings. The number of anilines is 2. The van der Waals surface area contributed by atoms with Gasteiger partial charge < -0.3 is 15.6 Å². The molecule has 0 saturated heterocycles. The molecule has 3 aromatic carbocycles. The number of fused-ring (bicyclic) bond motifs is 1. The van der Waals surface area contributed by atoms with Crippen molar-refractivity contribution in [1.82, 2.24) is 4.98 Å². The minimum Gasteiger partial charge on any atom is -0.359 e. The molecule has 0 radical (unpaired) electrons. The van der Waals surface area contributed by atoms with Gasteiger partial charge in [-0.2, -0.15) is 0 Å². The van der Waals surface area contributed by atoms with Crippen LogP contribution in [0.4, 0.5) is 11.4 Å². The first-order valence-electron chi connectivity index (χ1n) is 10.5. The number of amides is 2. The number of halogens is 5. The predicted molar refractivity (Wildman–Crippen MR) is 143 cm³/mol. The molecule has 5 rings (SSSR count). The number of para-hydroxylation sites is 1. The van der Waals surface area contributed by atoms with Crippen molar-refractivity contribution >= 4 is 92.1 Å². The van der Waals surface area contributed by atoms with Crippen LogP contribution in [0.2, 0.25) is 15.1 Å². The number of carbonyl (C=O) groups is 2. The summed E-state index contributed by atoms with van der Waals surface area (Å²) in [6.45, 7) is 0. The summed E-state index contributed by atoms with van der Waals surface area (Å²) in [6.07, 6.45) is 1.79. The maximum Gasteiger partial charge on any atom is 0.257 e. The van der Waals surface area contributed by atoms with Crippen molar-refractivity contribution in [3.05, 3.63) is 93.1 Å². The summed E-state index contributed by atoms with van der Waals surface area (Å²) in [5, 5.41) is 7.68. The van der Waals surface area contributed by atoms with E-state index in [1.807, 2.05) is 18.2 Å². The summed E-state index contributed by atoms with van der Waals surface area (Å²) in [5.41, 5.74) is 2.65. The number of rotatable bonds is 5. The summed E-state index contributed by atoms with van der Waals surface area (Å²) in [6, 6.07) is 17.1. The van der Waals surface area contributed by atoms with Crippen molar-refractivity contribution in [2.45, 2.75) is 10.3 Å². The number of H-pyrrole nitrogens is 1. The predicted octanol–water partition coefficient (Wildman–Crippen LogP) is 7.91. The number of hydrogen-bond donors (Lipinski definition) is 3. The van der Waals surface area contributed by atoms with Gasteiger partial charge in [0.25, 0.3) is 5.91 Å². The number of aromatic nitrogens is 1. The summed E-state index contributed by atoms with van der Waals surface area (Å²) in [7, 11) is 0. The Kier molecular flexibility index (Phi) is 6.41. The molecule has 1 heterocycles. The van der Waals surface area contributed by atoms with Gasteiger partial charge in [-0.3, -0.25) is 9.59 Å². The molecule has 0 bridgehead atoms. The molecule has 1 aromatic heterocycles. The van der Waals surface area contributed by atoms with Crippen molar-refractivity contribution < 1.29 is 9.59 Å². The molecular weight excluding hydrogens is 552 g/mol. The third-order valence-corrected chi connectivity index (χ3v) is 7.60. The smallest absolute Gasteiger partial charge is 0.257 e. The molecule has 1 saturated carbocycles. The summed E-state index contributed by atoms with van der Waals surface area (Å²) in [5.74, 6) is -2.05. The van der Waals surface area contributed by atoms with Crippen molar-refractivity contribution in [3.8, 4) is 0 Å². The molecule has 178 valence electrons. The van der Waals surface area contributed by atoms with Crippen LogP contribution in [0.5, 0.6) is 0 Å². The molecule has 10 heteroatoms. The molecule has 0 spiro atoms. The normalized spacial score (nSPS) is 18.3. The van der Waals surface area contributed by atoms with E-state index in [1.54, 1.807) is 36.5 Å². The monoisotopic (exact) mass is 565 g/mol. The second kappa shape index (κ2) is 9.23. The highest BCUT2D eigenvalue weighted by Crippen LogP contribution is 2.65. The Hall–Kier alpha value is -2.41. The Morgan fingerprint density at radius 2 is 1.63 bits per heavy atom. The topological polar surface area (TPSA) is 74.0 Å². The first-order chi connectivity index (χ1) is 16.6. The average molecular weight is 568 g/mol. The minimum atomic E-state index is -1.32. The zero-order chi connectivity index (χ0) is 24.9. The van der Waals surface area contributed by atoms with Crippen LogP contribution in [-0.4, -0.2) is 21.1 Å². The quantitative estimate of drug-likeness (QED) is 0.215. The Morgan fingerprint density at radius 1 is 0.886 bits per heavy atom. The van der Waals surface area contributed by atoms with Gasteiger partial charge in [-0.1, -0.05) is 46.9 Å². The summed E-state index contributed by atoms with van der Waals surface area (Å²) < 4.78 is -1.32. The Balaban J connectivity index is 1.35. The van der Waals surface area contributed by atoms with Gasteiger partial charge in [-0.15, -0.1) is 23.2 Å². The second-order valence-electron chi connectivity index (χ2n) is 8.22. The van der Waals surface area contributed by atoms with Crippen LogP contribution in [0.25, 0.3) is 10.9 Å². The van der Waals surface area contributed by atoms with E-state index < -0.39 is 28.0 Å². The lowest BCUT2D eigenvalue weighted by molar-refractivity contribution is -0.117. The minimum absolute atomic E-state index is 0.199. The molecule has 4 aromatic rings. The van der Waals surface area contributed by atoms with Gasteiger partial charge >= 0.3 is 0 Å². The SMILES string of the molecule is O=C(Nc1cccc2cc[nH]c12)c1cc(NC(=O)C2C(c3cc(Cl)cc(Cl)c3)C2(Cl)Cl)ccc1Cl. The highest BCUT2D eigenvalue weighted by atomic mass is 35.5. The van der Waals surface area contributed by atoms with Crippen molar-refractivity contribution in [2.24, 2.45) is 5.92 Å². The molecule has 5 nitrogen and oxygen atoms in total. The van der Waals surface area contributed by atoms with Gasteiger partial charge in [0, 0.05) is 33.2 Å². The molecule has 2 unspecified atom stereocenters. The molecular formula is C25H16Cl5N3O2. The van der Waals surface area contributed by atoms with E-state index in [9.17, 15) is 9.59 Å². The van der Waals surface area contributed by atoms with Crippen LogP contribution in [0.15, 0.2) is 66.9 Å². The van der Waals surface area contributed by atoms with Gasteiger partial charge in [-0.25, -0.2) is 0 Å². The van der Waals surface area contributed by atoms with Crippen LogP contribution in [0.3, 0.4) is 0 Å². The molecule has 3 N–H and O–H groups in total. The lowest BCUT2D eigenvalue weighted by Crippen LogP contribution is -2.18. The van der Waals surface area contributed by atoms with Gasteiger partial charge in [0.2, 0.25) is 5.91 Å². The Bertz CT molecular complexity index is 1460. The van der Waals surface area contributed by atoms with Crippen LogP contribution in [-0.2, 0) is 4.79 Å². The van der Waals surface area contributed by atoms with Gasteiger partial charge in [0.1, 0.15) is 4.33 Å².